The van der Waals surface area contributed by atoms with E-state index in [1.165, 1.54) is 5.56 Å². The molecule has 0 bridgehead atoms. The molecular weight excluding hydrogens is 458 g/mol. The van der Waals surface area contributed by atoms with Crippen LogP contribution >= 0.6 is 0 Å². The lowest BCUT2D eigenvalue weighted by Crippen LogP contribution is -2.43. The number of rotatable bonds is 8. The number of methoxy groups -OCH3 is 2. The smallest absolute Gasteiger partial charge is 0.309 e. The number of hydrogen-bond donors (Lipinski definition) is 0. The number of benzene rings is 2. The number of carbonyl (C=O) groups excluding carboxylic acids is 2. The first-order valence-corrected chi connectivity index (χ1v) is 12.5. The van der Waals surface area contributed by atoms with Gasteiger partial charge >= 0.3 is 5.97 Å². The van der Waals surface area contributed by atoms with Crippen molar-refractivity contribution in [1.29, 1.82) is 0 Å². The molecule has 8 heteroatoms. The molecule has 1 saturated heterocycles. The van der Waals surface area contributed by atoms with Crippen LogP contribution in [0.4, 0.5) is 0 Å². The molecule has 0 aromatic heterocycles. The first-order valence-electron chi connectivity index (χ1n) is 12.5. The molecule has 2 aliphatic heterocycles. The summed E-state index contributed by atoms with van der Waals surface area (Å²) in [6, 6.07) is 13.8. The van der Waals surface area contributed by atoms with Gasteiger partial charge < -0.3 is 14.2 Å². The van der Waals surface area contributed by atoms with Crippen LogP contribution in [0, 0.1) is 12.8 Å². The molecule has 0 saturated carbocycles. The summed E-state index contributed by atoms with van der Waals surface area (Å²) in [6.45, 7) is 5.90. The Hall–Kier alpha value is -3.39. The molecule has 1 atom stereocenters. The normalized spacial score (nSPS) is 18.6. The number of hydrogen-bond acceptors (Lipinski definition) is 7. The van der Waals surface area contributed by atoms with Gasteiger partial charge in [-0.25, -0.2) is 5.01 Å². The van der Waals surface area contributed by atoms with E-state index in [0.29, 0.717) is 50.5 Å². The molecule has 2 heterocycles. The van der Waals surface area contributed by atoms with Gasteiger partial charge in [-0.2, -0.15) is 5.10 Å². The van der Waals surface area contributed by atoms with Gasteiger partial charge in [-0.05, 0) is 63.5 Å². The molecule has 192 valence electrons. The summed E-state index contributed by atoms with van der Waals surface area (Å²) in [4.78, 5) is 27.7. The van der Waals surface area contributed by atoms with Gasteiger partial charge in [-0.1, -0.05) is 29.8 Å². The van der Waals surface area contributed by atoms with Crippen molar-refractivity contribution in [2.24, 2.45) is 11.0 Å². The Bertz CT molecular complexity index is 1110. The maximum absolute atomic E-state index is 13.5. The molecule has 4 rings (SSSR count). The Labute approximate surface area is 212 Å². The number of nitrogens with zero attached hydrogens (tertiary/aromatic N) is 3. The van der Waals surface area contributed by atoms with Crippen molar-refractivity contribution in [3.63, 3.8) is 0 Å². The van der Waals surface area contributed by atoms with Crippen molar-refractivity contribution in [2.45, 2.75) is 39.2 Å². The third-order valence-corrected chi connectivity index (χ3v) is 6.91. The molecule has 0 radical (unpaired) electrons. The molecule has 36 heavy (non-hydrogen) atoms. The fourth-order valence-corrected chi connectivity index (χ4v) is 4.83. The van der Waals surface area contributed by atoms with Crippen LogP contribution in [-0.2, 0) is 14.3 Å². The summed E-state index contributed by atoms with van der Waals surface area (Å²) in [7, 11) is 3.21. The van der Waals surface area contributed by atoms with E-state index in [0.717, 1.165) is 16.8 Å². The fourth-order valence-electron chi connectivity index (χ4n) is 4.83. The van der Waals surface area contributed by atoms with Crippen molar-refractivity contribution in [3.05, 3.63) is 59.2 Å². The van der Waals surface area contributed by atoms with Crippen LogP contribution in [0.2, 0.25) is 0 Å². The Balaban J connectivity index is 1.52. The van der Waals surface area contributed by atoms with Gasteiger partial charge in [0.1, 0.15) is 0 Å². The maximum Gasteiger partial charge on any atom is 0.309 e. The summed E-state index contributed by atoms with van der Waals surface area (Å²) in [5.41, 5.74) is 3.94. The molecule has 1 fully saturated rings. The van der Waals surface area contributed by atoms with Crippen LogP contribution in [-0.4, -0.2) is 68.0 Å². The number of esters is 1. The standard InChI is InChI=1S/C28H35N3O5/c1-5-36-28(33)21-12-14-30(15-13-21)18-27(32)31-24(20-8-6-19(2)7-9-20)17-23(29-31)22-10-11-25(34-3)26(16-22)35-4/h6-11,16,21,24H,5,12-15,17-18H2,1-4H3. The average Bonchev–Trinajstić information content (AvgIpc) is 3.35. The van der Waals surface area contributed by atoms with Gasteiger partial charge in [-0.15, -0.1) is 0 Å². The number of piperidine rings is 1. The SMILES string of the molecule is CCOC(=O)C1CCN(CC(=O)N2N=C(c3ccc(OC)c(OC)c3)CC2c2ccc(C)cc2)CC1. The molecule has 1 unspecified atom stereocenters. The minimum absolute atomic E-state index is 0.0503. The molecule has 1 amide bonds. The molecular formula is C28H35N3O5. The second-order valence-corrected chi connectivity index (χ2v) is 9.29. The Morgan fingerprint density at radius 3 is 2.33 bits per heavy atom. The van der Waals surface area contributed by atoms with Crippen LogP contribution in [0.15, 0.2) is 47.6 Å². The maximum atomic E-state index is 13.5. The number of hydrazone groups is 1. The number of aryl methyl sites for hydroxylation is 1. The molecule has 8 nitrogen and oxygen atoms in total. The van der Waals surface area contributed by atoms with Gasteiger partial charge in [0.15, 0.2) is 11.5 Å². The van der Waals surface area contributed by atoms with Gasteiger partial charge in [0, 0.05) is 12.0 Å². The summed E-state index contributed by atoms with van der Waals surface area (Å²) in [5, 5.41) is 6.44. The number of amides is 1. The summed E-state index contributed by atoms with van der Waals surface area (Å²) < 4.78 is 16.0. The highest BCUT2D eigenvalue weighted by atomic mass is 16.5. The van der Waals surface area contributed by atoms with E-state index < -0.39 is 0 Å². The molecule has 0 spiro atoms. The van der Waals surface area contributed by atoms with E-state index in [4.69, 9.17) is 19.3 Å². The predicted molar refractivity (Wildman–Crippen MR) is 137 cm³/mol. The van der Waals surface area contributed by atoms with Crippen molar-refractivity contribution in [2.75, 3.05) is 40.5 Å². The van der Waals surface area contributed by atoms with E-state index in [-0.39, 0.29) is 30.4 Å². The molecule has 2 aromatic rings. The highest BCUT2D eigenvalue weighted by Gasteiger charge is 2.35. The van der Waals surface area contributed by atoms with Crippen LogP contribution in [0.5, 0.6) is 11.5 Å². The van der Waals surface area contributed by atoms with E-state index in [2.05, 4.69) is 29.2 Å². The second kappa shape index (κ2) is 11.6. The van der Waals surface area contributed by atoms with E-state index >= 15 is 0 Å². The highest BCUT2D eigenvalue weighted by molar-refractivity contribution is 6.03. The van der Waals surface area contributed by atoms with Crippen molar-refractivity contribution >= 4 is 17.6 Å². The van der Waals surface area contributed by atoms with Gasteiger partial charge in [0.05, 0.1) is 45.0 Å². The molecule has 0 aliphatic carbocycles. The zero-order valence-electron chi connectivity index (χ0n) is 21.5. The Morgan fingerprint density at radius 2 is 1.69 bits per heavy atom. The fraction of sp³-hybridized carbons (Fsp3) is 0.464. The lowest BCUT2D eigenvalue weighted by Gasteiger charge is -2.32. The Morgan fingerprint density at radius 1 is 1.00 bits per heavy atom. The number of likely N-dealkylation sites (tertiary alicyclic amines) is 1. The van der Waals surface area contributed by atoms with Gasteiger partial charge in [0.25, 0.3) is 5.91 Å². The third-order valence-electron chi connectivity index (χ3n) is 6.91. The van der Waals surface area contributed by atoms with Crippen molar-refractivity contribution in [1.82, 2.24) is 9.91 Å². The van der Waals surface area contributed by atoms with E-state index in [1.54, 1.807) is 19.2 Å². The zero-order chi connectivity index (χ0) is 25.7. The van der Waals surface area contributed by atoms with Crippen molar-refractivity contribution in [3.8, 4) is 11.5 Å². The van der Waals surface area contributed by atoms with Gasteiger partial charge in [-0.3, -0.25) is 14.5 Å². The van der Waals surface area contributed by atoms with Crippen LogP contribution < -0.4 is 9.47 Å². The third kappa shape index (κ3) is 5.70. The average molecular weight is 494 g/mol. The zero-order valence-corrected chi connectivity index (χ0v) is 21.5. The van der Waals surface area contributed by atoms with Crippen molar-refractivity contribution < 1.29 is 23.8 Å². The molecule has 0 N–H and O–H groups in total. The van der Waals surface area contributed by atoms with Crippen LogP contribution in [0.3, 0.4) is 0 Å². The summed E-state index contributed by atoms with van der Waals surface area (Å²) >= 11 is 0. The van der Waals surface area contributed by atoms with Crippen LogP contribution in [0.25, 0.3) is 0 Å². The van der Waals surface area contributed by atoms with Gasteiger partial charge in [0.2, 0.25) is 0 Å². The summed E-state index contributed by atoms with van der Waals surface area (Å²) in [5.74, 6) is 1.00. The number of carbonyl (C=O) groups is 2. The first-order chi connectivity index (χ1) is 17.4. The number of ether oxygens (including phenoxy) is 3. The molecule has 2 aromatic carbocycles. The summed E-state index contributed by atoms with van der Waals surface area (Å²) in [6.07, 6.45) is 2.01. The topological polar surface area (TPSA) is 80.7 Å². The minimum atomic E-state index is -0.182. The predicted octanol–water partition coefficient (Wildman–Crippen LogP) is 3.97. The van der Waals surface area contributed by atoms with E-state index in [1.807, 2.05) is 32.0 Å². The lowest BCUT2D eigenvalue weighted by atomic mass is 9.96. The largest absolute Gasteiger partial charge is 0.493 e. The second-order valence-electron chi connectivity index (χ2n) is 9.29. The first kappa shape index (κ1) is 25.7. The highest BCUT2D eigenvalue weighted by Crippen LogP contribution is 2.35. The quantitative estimate of drug-likeness (QED) is 0.518. The van der Waals surface area contributed by atoms with Crippen LogP contribution in [0.1, 0.15) is 48.9 Å². The van der Waals surface area contributed by atoms with E-state index in [9.17, 15) is 9.59 Å². The Kier molecular flexibility index (Phi) is 8.25. The lowest BCUT2D eigenvalue weighted by molar-refractivity contribution is -0.149. The minimum Gasteiger partial charge on any atom is -0.493 e. The monoisotopic (exact) mass is 493 g/mol. The molecule has 2 aliphatic rings.